The van der Waals surface area contributed by atoms with Crippen molar-refractivity contribution in [2.24, 2.45) is 0 Å². The van der Waals surface area contributed by atoms with Gasteiger partial charge in [0, 0.05) is 6.20 Å². The molecular weight excluding hydrogens is 326 g/mol. The largest absolute Gasteiger partial charge is 0.397 e. The Balaban J connectivity index is 2.04. The Hall–Kier alpha value is -1.60. The molecule has 0 saturated carbocycles. The van der Waals surface area contributed by atoms with E-state index in [1.165, 1.54) is 11.8 Å². The van der Waals surface area contributed by atoms with Crippen LogP contribution in [0.4, 0.5) is 5.69 Å². The first-order valence-corrected chi connectivity index (χ1v) is 7.16. The molecule has 0 aliphatic rings. The fraction of sp³-hybridized carbons (Fsp3) is 0.0833. The second kappa shape index (κ2) is 4.82. The number of fused-ring (bicyclic) bond motifs is 1. The number of aromatic nitrogens is 4. The van der Waals surface area contributed by atoms with E-state index in [-0.39, 0.29) is 0 Å². The highest BCUT2D eigenvalue weighted by Gasteiger charge is 2.13. The summed E-state index contributed by atoms with van der Waals surface area (Å²) in [5.74, 6) is 0. The van der Waals surface area contributed by atoms with Crippen LogP contribution in [0, 0.1) is 6.92 Å². The van der Waals surface area contributed by atoms with Crippen molar-refractivity contribution >= 4 is 39.0 Å². The molecule has 3 aromatic heterocycles. The predicted molar refractivity (Wildman–Crippen MR) is 78.2 cm³/mol. The first-order valence-electron chi connectivity index (χ1n) is 5.55. The SMILES string of the molecule is Cc1c(N)cnc(Sc2nnc3ccccn23)c1Br. The van der Waals surface area contributed by atoms with Crippen LogP contribution in [0.15, 0.2) is 45.2 Å². The fourth-order valence-electron chi connectivity index (χ4n) is 1.62. The number of pyridine rings is 2. The Bertz CT molecular complexity index is 755. The molecule has 0 aliphatic heterocycles. The minimum Gasteiger partial charge on any atom is -0.397 e. The number of nitrogen functional groups attached to an aromatic ring is 1. The molecule has 3 aromatic rings. The van der Waals surface area contributed by atoms with Crippen molar-refractivity contribution in [3.8, 4) is 0 Å². The molecule has 2 N–H and O–H groups in total. The van der Waals surface area contributed by atoms with Crippen molar-refractivity contribution in [1.82, 2.24) is 19.6 Å². The molecule has 0 atom stereocenters. The average molecular weight is 336 g/mol. The highest BCUT2D eigenvalue weighted by Crippen LogP contribution is 2.34. The van der Waals surface area contributed by atoms with E-state index in [2.05, 4.69) is 31.1 Å². The molecule has 3 heterocycles. The van der Waals surface area contributed by atoms with Crippen LogP contribution in [0.25, 0.3) is 5.65 Å². The molecule has 5 nitrogen and oxygen atoms in total. The van der Waals surface area contributed by atoms with Gasteiger partial charge >= 0.3 is 0 Å². The van der Waals surface area contributed by atoms with Crippen LogP contribution in [0.1, 0.15) is 5.56 Å². The molecule has 0 radical (unpaired) electrons. The monoisotopic (exact) mass is 335 g/mol. The van der Waals surface area contributed by atoms with Gasteiger partial charge in [0.15, 0.2) is 5.65 Å². The molecule has 0 saturated heterocycles. The summed E-state index contributed by atoms with van der Waals surface area (Å²) in [6.07, 6.45) is 3.58. The van der Waals surface area contributed by atoms with Gasteiger partial charge in [0.05, 0.1) is 16.4 Å². The first kappa shape index (κ1) is 12.4. The molecule has 3 rings (SSSR count). The Morgan fingerprint density at radius 1 is 1.32 bits per heavy atom. The predicted octanol–water partition coefficient (Wildman–Crippen LogP) is 2.93. The van der Waals surface area contributed by atoms with E-state index >= 15 is 0 Å². The van der Waals surface area contributed by atoms with Crippen LogP contribution >= 0.6 is 27.7 Å². The van der Waals surface area contributed by atoms with Gasteiger partial charge in [-0.2, -0.15) is 0 Å². The first-order chi connectivity index (χ1) is 9.16. The zero-order valence-corrected chi connectivity index (χ0v) is 12.4. The van der Waals surface area contributed by atoms with Crippen molar-refractivity contribution in [3.63, 3.8) is 0 Å². The minimum absolute atomic E-state index is 0.669. The highest BCUT2D eigenvalue weighted by atomic mass is 79.9. The third kappa shape index (κ3) is 2.19. The molecule has 0 bridgehead atoms. The lowest BCUT2D eigenvalue weighted by Crippen LogP contribution is -1.95. The summed E-state index contributed by atoms with van der Waals surface area (Å²) in [5.41, 5.74) is 8.28. The van der Waals surface area contributed by atoms with E-state index in [1.54, 1.807) is 6.20 Å². The smallest absolute Gasteiger partial charge is 0.201 e. The number of nitrogens with two attached hydrogens (primary N) is 1. The van der Waals surface area contributed by atoms with Crippen LogP contribution in [0.3, 0.4) is 0 Å². The fourth-order valence-corrected chi connectivity index (χ4v) is 3.05. The van der Waals surface area contributed by atoms with E-state index in [0.717, 1.165) is 25.9 Å². The maximum atomic E-state index is 5.82. The van der Waals surface area contributed by atoms with Crippen LogP contribution in [-0.2, 0) is 0 Å². The maximum Gasteiger partial charge on any atom is 0.201 e. The second-order valence-corrected chi connectivity index (χ2v) is 5.72. The molecule has 0 aliphatic carbocycles. The van der Waals surface area contributed by atoms with E-state index in [4.69, 9.17) is 5.73 Å². The van der Waals surface area contributed by atoms with Gasteiger partial charge in [-0.05, 0) is 52.3 Å². The van der Waals surface area contributed by atoms with E-state index in [9.17, 15) is 0 Å². The van der Waals surface area contributed by atoms with Gasteiger partial charge < -0.3 is 5.73 Å². The van der Waals surface area contributed by atoms with Crippen molar-refractivity contribution in [3.05, 3.63) is 40.6 Å². The van der Waals surface area contributed by atoms with E-state index in [1.807, 2.05) is 35.7 Å². The summed E-state index contributed by atoms with van der Waals surface area (Å²) in [6.45, 7) is 1.95. The summed E-state index contributed by atoms with van der Waals surface area (Å²) >= 11 is 4.97. The molecule has 0 amide bonds. The van der Waals surface area contributed by atoms with Crippen molar-refractivity contribution in [2.45, 2.75) is 17.1 Å². The molecule has 96 valence electrons. The second-order valence-electron chi connectivity index (χ2n) is 3.97. The third-order valence-electron chi connectivity index (χ3n) is 2.74. The minimum atomic E-state index is 0.669. The zero-order chi connectivity index (χ0) is 13.4. The van der Waals surface area contributed by atoms with Gasteiger partial charge in [-0.3, -0.25) is 4.40 Å². The summed E-state index contributed by atoms with van der Waals surface area (Å²) in [6, 6.07) is 5.78. The van der Waals surface area contributed by atoms with Gasteiger partial charge in [-0.15, -0.1) is 10.2 Å². The Morgan fingerprint density at radius 3 is 3.00 bits per heavy atom. The Labute approximate surface area is 122 Å². The lowest BCUT2D eigenvalue weighted by atomic mass is 10.3. The molecule has 7 heteroatoms. The maximum absolute atomic E-state index is 5.82. The zero-order valence-electron chi connectivity index (χ0n) is 10.0. The van der Waals surface area contributed by atoms with Crippen LogP contribution in [0.2, 0.25) is 0 Å². The third-order valence-corrected chi connectivity index (χ3v) is 4.94. The summed E-state index contributed by atoms with van der Waals surface area (Å²) in [7, 11) is 0. The average Bonchev–Trinajstić information content (AvgIpc) is 2.83. The molecule has 0 spiro atoms. The van der Waals surface area contributed by atoms with Gasteiger partial charge in [0.1, 0.15) is 5.03 Å². The topological polar surface area (TPSA) is 69.1 Å². The number of hydrogen-bond donors (Lipinski definition) is 1. The standard InChI is InChI=1S/C12H10BrN5S/c1-7-8(14)6-15-11(10(7)13)19-12-17-16-9-4-2-3-5-18(9)12/h2-6H,14H2,1H3. The molecule has 19 heavy (non-hydrogen) atoms. The van der Waals surface area contributed by atoms with Gasteiger partial charge in [0.2, 0.25) is 5.16 Å². The number of nitrogens with zero attached hydrogens (tertiary/aromatic N) is 4. The van der Waals surface area contributed by atoms with Gasteiger partial charge in [-0.25, -0.2) is 4.98 Å². The van der Waals surface area contributed by atoms with Crippen LogP contribution in [0.5, 0.6) is 0 Å². The quantitative estimate of drug-likeness (QED) is 0.779. The van der Waals surface area contributed by atoms with E-state index in [0.29, 0.717) is 5.69 Å². The number of anilines is 1. The van der Waals surface area contributed by atoms with Crippen LogP contribution in [-0.4, -0.2) is 19.6 Å². The number of hydrogen-bond acceptors (Lipinski definition) is 5. The van der Waals surface area contributed by atoms with Crippen molar-refractivity contribution in [1.29, 1.82) is 0 Å². The summed E-state index contributed by atoms with van der Waals surface area (Å²) < 4.78 is 2.81. The van der Waals surface area contributed by atoms with Gasteiger partial charge in [0.25, 0.3) is 0 Å². The van der Waals surface area contributed by atoms with E-state index < -0.39 is 0 Å². The Kier molecular flexibility index (Phi) is 3.16. The van der Waals surface area contributed by atoms with Crippen molar-refractivity contribution < 1.29 is 0 Å². The Morgan fingerprint density at radius 2 is 2.16 bits per heavy atom. The molecule has 0 aromatic carbocycles. The molecular formula is C12H10BrN5S. The summed E-state index contributed by atoms with van der Waals surface area (Å²) in [4.78, 5) is 4.33. The lowest BCUT2D eigenvalue weighted by molar-refractivity contribution is 0.915. The molecule has 0 unspecified atom stereocenters. The number of halogens is 1. The summed E-state index contributed by atoms with van der Waals surface area (Å²) in [5, 5.41) is 9.87. The van der Waals surface area contributed by atoms with Gasteiger partial charge in [-0.1, -0.05) is 6.07 Å². The number of rotatable bonds is 2. The van der Waals surface area contributed by atoms with Crippen LogP contribution < -0.4 is 5.73 Å². The normalized spacial score (nSPS) is 11.1. The molecule has 0 fully saturated rings. The lowest BCUT2D eigenvalue weighted by Gasteiger charge is -2.06. The van der Waals surface area contributed by atoms with Crippen molar-refractivity contribution in [2.75, 3.05) is 5.73 Å². The highest BCUT2D eigenvalue weighted by molar-refractivity contribution is 9.10.